The molecular formula is C14H11F13O4. The van der Waals surface area contributed by atoms with Crippen LogP contribution in [-0.4, -0.2) is 58.4 Å². The third-order valence-corrected chi connectivity index (χ3v) is 4.47. The van der Waals surface area contributed by atoms with Crippen LogP contribution in [0.25, 0.3) is 0 Å². The van der Waals surface area contributed by atoms with Gasteiger partial charge >= 0.3 is 42.1 Å². The van der Waals surface area contributed by atoms with Gasteiger partial charge in [0.1, 0.15) is 0 Å². The lowest BCUT2D eigenvalue weighted by molar-refractivity contribution is -0.578. The molecule has 1 rings (SSSR count). The first kappa shape index (κ1) is 27.3. The summed E-state index contributed by atoms with van der Waals surface area (Å²) in [6.45, 7) is 2.96. The van der Waals surface area contributed by atoms with E-state index in [0.29, 0.717) is 6.92 Å². The summed E-state index contributed by atoms with van der Waals surface area (Å²) in [5.74, 6) is -24.0. The molecule has 3 atom stereocenters. The lowest BCUT2D eigenvalue weighted by Gasteiger charge is -2.59. The van der Waals surface area contributed by atoms with Crippen molar-refractivity contribution in [2.45, 2.75) is 67.6 Å². The van der Waals surface area contributed by atoms with Crippen molar-refractivity contribution in [2.75, 3.05) is 0 Å². The van der Waals surface area contributed by atoms with Gasteiger partial charge in [0.25, 0.3) is 5.60 Å². The fraction of sp³-hybridized carbons (Fsp3) is 0.786. The van der Waals surface area contributed by atoms with Crippen LogP contribution in [0.1, 0.15) is 20.3 Å². The first-order valence-corrected chi connectivity index (χ1v) is 7.62. The third kappa shape index (κ3) is 3.09. The van der Waals surface area contributed by atoms with Gasteiger partial charge in [-0.05, 0) is 13.3 Å². The molecule has 182 valence electrons. The van der Waals surface area contributed by atoms with Crippen LogP contribution in [0, 0.1) is 0 Å². The van der Waals surface area contributed by atoms with E-state index in [0.717, 1.165) is 0 Å². The molecule has 0 radical (unpaired) electrons. The van der Waals surface area contributed by atoms with Crippen LogP contribution in [0.5, 0.6) is 0 Å². The van der Waals surface area contributed by atoms with Gasteiger partial charge in [0.15, 0.2) is 0 Å². The number of carbonyl (C=O) groups is 1. The molecule has 0 amide bonds. The molecule has 0 aromatic heterocycles. The average molecular weight is 490 g/mol. The van der Waals surface area contributed by atoms with Gasteiger partial charge in [-0.3, -0.25) is 0 Å². The standard InChI is InChI=1S/C14H11F13O4/c1-4-7(12(19,20)21)9(15,16)8(29,13(22,23)24)10(17,18)11(31-7,14(25,26)27)30-6(28)5(2)3/h29H,2,4H2,1,3H3. The zero-order valence-electron chi connectivity index (χ0n) is 15.0. The highest BCUT2D eigenvalue weighted by atomic mass is 19.4. The lowest BCUT2D eigenvalue weighted by atomic mass is 9.69. The second-order valence-electron chi connectivity index (χ2n) is 6.42. The Bertz CT molecular complexity index is 753. The van der Waals surface area contributed by atoms with Gasteiger partial charge in [-0.2, -0.15) is 57.1 Å². The maximum absolute atomic E-state index is 14.6. The van der Waals surface area contributed by atoms with Crippen molar-refractivity contribution in [3.63, 3.8) is 0 Å². The first-order valence-electron chi connectivity index (χ1n) is 7.62. The molecule has 1 saturated heterocycles. The molecule has 4 nitrogen and oxygen atoms in total. The van der Waals surface area contributed by atoms with Crippen LogP contribution < -0.4 is 0 Å². The summed E-state index contributed by atoms with van der Waals surface area (Å²) in [4.78, 5) is 11.5. The third-order valence-electron chi connectivity index (χ3n) is 4.47. The second-order valence-corrected chi connectivity index (χ2v) is 6.42. The van der Waals surface area contributed by atoms with Gasteiger partial charge in [-0.15, -0.1) is 0 Å². The van der Waals surface area contributed by atoms with E-state index in [1.54, 1.807) is 0 Å². The van der Waals surface area contributed by atoms with Crippen molar-refractivity contribution < 1.29 is 76.5 Å². The Hall–Kier alpha value is -1.78. The topological polar surface area (TPSA) is 55.8 Å². The summed E-state index contributed by atoms with van der Waals surface area (Å²) in [5.41, 5.74) is -14.7. The smallest absolute Gasteiger partial charge is 0.414 e. The lowest BCUT2D eigenvalue weighted by Crippen LogP contribution is -2.90. The van der Waals surface area contributed by atoms with Gasteiger partial charge in [0, 0.05) is 5.57 Å². The Morgan fingerprint density at radius 2 is 1.32 bits per heavy atom. The number of ether oxygens (including phenoxy) is 2. The van der Waals surface area contributed by atoms with Crippen molar-refractivity contribution in [3.05, 3.63) is 12.2 Å². The summed E-state index contributed by atoms with van der Waals surface area (Å²) in [5, 5.41) is 9.33. The van der Waals surface area contributed by atoms with Crippen molar-refractivity contribution in [1.82, 2.24) is 0 Å². The molecule has 3 unspecified atom stereocenters. The van der Waals surface area contributed by atoms with Crippen molar-refractivity contribution in [2.24, 2.45) is 0 Å². The molecule has 1 aliphatic rings. The van der Waals surface area contributed by atoms with Crippen LogP contribution in [0.3, 0.4) is 0 Å². The number of esters is 1. The highest BCUT2D eigenvalue weighted by molar-refractivity contribution is 5.87. The predicted octanol–water partition coefficient (Wildman–Crippen LogP) is 4.67. The van der Waals surface area contributed by atoms with Crippen LogP contribution in [-0.2, 0) is 14.3 Å². The Labute approximate surface area is 163 Å². The van der Waals surface area contributed by atoms with E-state index in [-0.39, 0.29) is 6.92 Å². The number of halogens is 13. The van der Waals surface area contributed by atoms with E-state index in [9.17, 15) is 67.0 Å². The quantitative estimate of drug-likeness (QED) is 0.355. The number of carbonyl (C=O) groups excluding carboxylic acids is 1. The van der Waals surface area contributed by atoms with Gasteiger partial charge in [-0.1, -0.05) is 13.5 Å². The summed E-state index contributed by atoms with van der Waals surface area (Å²) in [6.07, 6.45) is -24.3. The van der Waals surface area contributed by atoms with Gasteiger partial charge in [0.05, 0.1) is 0 Å². The van der Waals surface area contributed by atoms with Crippen molar-refractivity contribution in [1.29, 1.82) is 0 Å². The van der Waals surface area contributed by atoms with Crippen molar-refractivity contribution in [3.8, 4) is 0 Å². The monoisotopic (exact) mass is 490 g/mol. The van der Waals surface area contributed by atoms with Gasteiger partial charge < -0.3 is 14.6 Å². The van der Waals surface area contributed by atoms with Gasteiger partial charge in [-0.25, -0.2) is 4.79 Å². The molecule has 1 N–H and O–H groups in total. The largest absolute Gasteiger partial charge is 0.462 e. The molecule has 0 aromatic carbocycles. The minimum absolute atomic E-state index is 0.0800. The molecule has 17 heteroatoms. The van der Waals surface area contributed by atoms with Crippen LogP contribution in [0.15, 0.2) is 12.2 Å². The molecular weight excluding hydrogens is 479 g/mol. The van der Waals surface area contributed by atoms with E-state index in [1.165, 1.54) is 0 Å². The number of rotatable bonds is 3. The van der Waals surface area contributed by atoms with Crippen LogP contribution >= 0.6 is 0 Å². The molecule has 1 fully saturated rings. The van der Waals surface area contributed by atoms with Crippen LogP contribution in [0.4, 0.5) is 57.1 Å². The zero-order valence-corrected chi connectivity index (χ0v) is 15.0. The summed E-state index contributed by atoms with van der Waals surface area (Å²) in [7, 11) is 0. The second kappa shape index (κ2) is 6.86. The van der Waals surface area contributed by atoms with E-state index < -0.39 is 65.3 Å². The Balaban J connectivity index is 4.32. The predicted molar refractivity (Wildman–Crippen MR) is 70.8 cm³/mol. The number of hydrogen-bond donors (Lipinski definition) is 1. The highest BCUT2D eigenvalue weighted by Gasteiger charge is 3.01. The van der Waals surface area contributed by atoms with Crippen LogP contribution in [0.2, 0.25) is 0 Å². The fourth-order valence-corrected chi connectivity index (χ4v) is 2.78. The zero-order chi connectivity index (χ0) is 25.3. The SMILES string of the molecule is C=C(C)C(=O)OC1(C(F)(F)F)OC(CC)(C(F)(F)F)C(F)(F)C(O)(C(F)(F)F)C1(F)F. The maximum Gasteiger partial charge on any atom is 0.462 e. The molecule has 0 aliphatic carbocycles. The summed E-state index contributed by atoms with van der Waals surface area (Å²) < 4.78 is 185. The molecule has 0 saturated carbocycles. The summed E-state index contributed by atoms with van der Waals surface area (Å²) in [6, 6.07) is 0. The van der Waals surface area contributed by atoms with Gasteiger partial charge in [0.2, 0.25) is 5.60 Å². The Kier molecular flexibility index (Phi) is 6.03. The minimum Gasteiger partial charge on any atom is -0.414 e. The molecule has 0 bridgehead atoms. The maximum atomic E-state index is 14.6. The van der Waals surface area contributed by atoms with E-state index >= 15 is 0 Å². The number of alkyl halides is 13. The number of aliphatic hydroxyl groups is 1. The highest BCUT2D eigenvalue weighted by Crippen LogP contribution is 2.70. The van der Waals surface area contributed by atoms with E-state index in [2.05, 4.69) is 16.1 Å². The molecule has 0 spiro atoms. The normalized spacial score (nSPS) is 33.7. The fourth-order valence-electron chi connectivity index (χ4n) is 2.78. The molecule has 1 heterocycles. The molecule has 0 aromatic rings. The molecule has 1 aliphatic heterocycles. The van der Waals surface area contributed by atoms with E-state index in [4.69, 9.17) is 0 Å². The Morgan fingerprint density at radius 1 is 0.903 bits per heavy atom. The van der Waals surface area contributed by atoms with Crippen molar-refractivity contribution >= 4 is 5.97 Å². The first-order chi connectivity index (χ1) is 13.3. The number of hydrogen-bond acceptors (Lipinski definition) is 4. The minimum atomic E-state index is -7.54. The molecule has 31 heavy (non-hydrogen) atoms. The average Bonchev–Trinajstić information content (AvgIpc) is 2.52. The summed E-state index contributed by atoms with van der Waals surface area (Å²) >= 11 is 0. The van der Waals surface area contributed by atoms with E-state index in [1.807, 2.05) is 0 Å². The Morgan fingerprint density at radius 3 is 1.58 bits per heavy atom.